The van der Waals surface area contributed by atoms with E-state index in [0.29, 0.717) is 16.8 Å². The highest BCUT2D eigenvalue weighted by atomic mass is 35.5. The highest BCUT2D eigenvalue weighted by Gasteiger charge is 2.71. The Hall–Kier alpha value is -3.04. The Labute approximate surface area is 234 Å². The van der Waals surface area contributed by atoms with Crippen molar-refractivity contribution in [2.75, 3.05) is 0 Å². The number of aromatic nitrogens is 3. The van der Waals surface area contributed by atoms with Gasteiger partial charge in [0.05, 0.1) is 18.3 Å². The smallest absolute Gasteiger partial charge is 0.352 e. The number of nitrogens with zero attached hydrogens (tertiary/aromatic N) is 3. The van der Waals surface area contributed by atoms with Crippen molar-refractivity contribution in [2.24, 2.45) is 0 Å². The molecule has 194 valence electrons. The van der Waals surface area contributed by atoms with Crippen LogP contribution in [0.1, 0.15) is 23.9 Å². The summed E-state index contributed by atoms with van der Waals surface area (Å²) in [5.41, 5.74) is -0.00617. The summed E-state index contributed by atoms with van der Waals surface area (Å²) >= 11 is 26.5. The molecular weight excluding hydrogens is 576 g/mol. The lowest BCUT2D eigenvalue weighted by molar-refractivity contribution is -0.128. The van der Waals surface area contributed by atoms with E-state index in [4.69, 9.17) is 46.4 Å². The molecule has 3 aromatic rings. The van der Waals surface area contributed by atoms with Gasteiger partial charge in [-0.1, -0.05) is 59.6 Å². The number of phenols is 1. The molecule has 2 aromatic carbocycles. The maximum absolute atomic E-state index is 13.7. The maximum Gasteiger partial charge on any atom is 0.352 e. The van der Waals surface area contributed by atoms with Crippen molar-refractivity contribution in [1.29, 1.82) is 0 Å². The second-order valence-electron chi connectivity index (χ2n) is 9.41. The first-order valence-corrected chi connectivity index (χ1v) is 13.0. The van der Waals surface area contributed by atoms with Crippen molar-refractivity contribution in [3.05, 3.63) is 103 Å². The van der Waals surface area contributed by atoms with Crippen molar-refractivity contribution in [1.82, 2.24) is 13.9 Å². The Balaban J connectivity index is 1.65. The summed E-state index contributed by atoms with van der Waals surface area (Å²) in [5, 5.41) is 9.17. The van der Waals surface area contributed by atoms with E-state index in [0.717, 1.165) is 4.57 Å². The predicted molar refractivity (Wildman–Crippen MR) is 143 cm³/mol. The van der Waals surface area contributed by atoms with Crippen LogP contribution in [0.15, 0.2) is 85.9 Å². The quantitative estimate of drug-likeness (QED) is 0.358. The molecule has 38 heavy (non-hydrogen) atoms. The maximum atomic E-state index is 13.7. The van der Waals surface area contributed by atoms with Gasteiger partial charge in [-0.3, -0.25) is 9.59 Å². The van der Waals surface area contributed by atoms with Crippen LogP contribution in [0, 0.1) is 0 Å². The molecule has 6 rings (SSSR count). The van der Waals surface area contributed by atoms with Crippen LogP contribution in [0.25, 0.3) is 5.69 Å². The molecule has 1 N–H and O–H groups in total. The Kier molecular flexibility index (Phi) is 5.63. The highest BCUT2D eigenvalue weighted by Crippen LogP contribution is 2.63. The van der Waals surface area contributed by atoms with Crippen LogP contribution in [0.4, 0.5) is 0 Å². The minimum atomic E-state index is -2.13. The molecule has 0 bridgehead atoms. The Morgan fingerprint density at radius 3 is 2.24 bits per heavy atom. The van der Waals surface area contributed by atoms with Gasteiger partial charge in [-0.15, -0.1) is 23.2 Å². The van der Waals surface area contributed by atoms with Gasteiger partial charge in [-0.05, 0) is 35.4 Å². The van der Waals surface area contributed by atoms with Crippen LogP contribution in [-0.4, -0.2) is 40.4 Å². The van der Waals surface area contributed by atoms with Gasteiger partial charge in [0.15, 0.2) is 11.6 Å². The minimum absolute atomic E-state index is 0.0101. The number of benzene rings is 2. The fraction of sp³-hybridized carbons (Fsp3) is 0.231. The normalized spacial score (nSPS) is 28.5. The van der Waals surface area contributed by atoms with Crippen molar-refractivity contribution in [2.45, 2.75) is 34.7 Å². The van der Waals surface area contributed by atoms with Crippen LogP contribution in [0.2, 0.25) is 0 Å². The molecule has 0 radical (unpaired) electrons. The van der Waals surface area contributed by atoms with E-state index in [2.05, 4.69) is 0 Å². The van der Waals surface area contributed by atoms with Gasteiger partial charge < -0.3 is 5.11 Å². The first-order chi connectivity index (χ1) is 18.0. The molecule has 0 amide bonds. The van der Waals surface area contributed by atoms with Gasteiger partial charge in [0.2, 0.25) is 0 Å². The SMILES string of the molecule is O=C1C(Cl)=C(Cl)C(=O)[C@@]2(Cl)[C@@H](c3cccc(O)c3)C3=CCn4c(=O)n(-c5ccccc5)c(=O)n4[C@@H]3C[C@@]12Cl. The van der Waals surface area contributed by atoms with E-state index in [9.17, 15) is 24.3 Å². The summed E-state index contributed by atoms with van der Waals surface area (Å²) in [6, 6.07) is 13.5. The number of fused-ring (bicyclic) bond motifs is 4. The lowest BCUT2D eigenvalue weighted by Crippen LogP contribution is -2.67. The van der Waals surface area contributed by atoms with E-state index < -0.39 is 54.7 Å². The molecule has 8 nitrogen and oxygen atoms in total. The number of aromatic hydroxyl groups is 1. The summed E-state index contributed by atoms with van der Waals surface area (Å²) in [7, 11) is 0. The number of allylic oxidation sites excluding steroid dienone is 4. The Morgan fingerprint density at radius 2 is 1.55 bits per heavy atom. The number of ketones is 2. The average Bonchev–Trinajstić information content (AvgIpc) is 3.17. The van der Waals surface area contributed by atoms with E-state index >= 15 is 0 Å². The molecule has 12 heteroatoms. The van der Waals surface area contributed by atoms with Crippen molar-refractivity contribution < 1.29 is 14.7 Å². The lowest BCUT2D eigenvalue weighted by atomic mass is 9.59. The predicted octanol–water partition coefficient (Wildman–Crippen LogP) is 3.97. The van der Waals surface area contributed by atoms with Crippen LogP contribution in [0.5, 0.6) is 5.75 Å². The third kappa shape index (κ3) is 3.12. The topological polar surface area (TPSA) is 103 Å². The van der Waals surface area contributed by atoms with Crippen molar-refractivity contribution in [3.63, 3.8) is 0 Å². The molecule has 0 spiro atoms. The third-order valence-corrected chi connectivity index (χ3v) is 9.77. The second-order valence-corrected chi connectivity index (χ2v) is 11.4. The van der Waals surface area contributed by atoms with E-state index in [1.54, 1.807) is 48.5 Å². The first kappa shape index (κ1) is 25.2. The van der Waals surface area contributed by atoms with Crippen LogP contribution in [-0.2, 0) is 16.1 Å². The summed E-state index contributed by atoms with van der Waals surface area (Å²) in [6.07, 6.45) is 1.38. The summed E-state index contributed by atoms with van der Waals surface area (Å²) in [4.78, 5) is 50.1. The number of phenolic OH excluding ortho intramolecular Hbond substituents is 1. The molecule has 2 heterocycles. The molecule has 1 aromatic heterocycles. The van der Waals surface area contributed by atoms with Crippen LogP contribution >= 0.6 is 46.4 Å². The highest BCUT2D eigenvalue weighted by molar-refractivity contribution is 6.66. The number of halogens is 4. The lowest BCUT2D eigenvalue weighted by Gasteiger charge is -2.54. The van der Waals surface area contributed by atoms with Crippen LogP contribution in [0.3, 0.4) is 0 Å². The minimum Gasteiger partial charge on any atom is -0.508 e. The van der Waals surface area contributed by atoms with Gasteiger partial charge in [-0.25, -0.2) is 23.5 Å². The van der Waals surface area contributed by atoms with E-state index in [1.165, 1.54) is 21.5 Å². The number of carbonyl (C=O) groups excluding carboxylic acids is 2. The summed E-state index contributed by atoms with van der Waals surface area (Å²) < 4.78 is 3.53. The molecule has 0 saturated heterocycles. The average molecular weight is 593 g/mol. The molecule has 3 aliphatic rings. The molecule has 4 atom stereocenters. The number of para-hydroxylation sites is 1. The van der Waals surface area contributed by atoms with Gasteiger partial charge in [0.25, 0.3) is 0 Å². The molecule has 2 aliphatic carbocycles. The van der Waals surface area contributed by atoms with Gasteiger partial charge in [0, 0.05) is 12.3 Å². The van der Waals surface area contributed by atoms with Gasteiger partial charge in [-0.2, -0.15) is 0 Å². The second kappa shape index (κ2) is 8.48. The standard InChI is InChI=1S/C26H17Cl4N3O5/c27-19-20(28)22(36)26(30)18(13-5-4-8-15(34)11-13)16-9-10-31-23(37)32(14-6-2-1-3-7-14)24(38)33(31)17(16)12-25(26,29)21(19)35/h1-9,11,17-18,34H,10,12H2/t17-,18+,25-,26+/m1/s1. The first-order valence-electron chi connectivity index (χ1n) is 11.5. The third-order valence-electron chi connectivity index (χ3n) is 7.52. The van der Waals surface area contributed by atoms with Crippen molar-refractivity contribution >= 4 is 58.0 Å². The number of hydrogen-bond donors (Lipinski definition) is 1. The van der Waals surface area contributed by atoms with Crippen molar-refractivity contribution in [3.8, 4) is 11.4 Å². The molecule has 1 saturated carbocycles. The Morgan fingerprint density at radius 1 is 0.868 bits per heavy atom. The number of rotatable bonds is 2. The van der Waals surface area contributed by atoms with Crippen LogP contribution < -0.4 is 11.4 Å². The molecule has 1 aliphatic heterocycles. The number of carbonyl (C=O) groups is 2. The number of Topliss-reactive ketones (excluding diaryl/α,β-unsaturated/α-hetero) is 2. The number of alkyl halides is 2. The fourth-order valence-corrected chi connectivity index (χ4v) is 7.37. The van der Waals surface area contributed by atoms with Gasteiger partial charge >= 0.3 is 11.4 Å². The zero-order valence-electron chi connectivity index (χ0n) is 19.3. The fourth-order valence-electron chi connectivity index (χ4n) is 5.85. The molecular formula is C26H17Cl4N3O5. The van der Waals surface area contributed by atoms with Gasteiger partial charge in [0.1, 0.15) is 25.6 Å². The zero-order valence-corrected chi connectivity index (χ0v) is 22.3. The summed E-state index contributed by atoms with van der Waals surface area (Å²) in [5.74, 6) is -2.91. The summed E-state index contributed by atoms with van der Waals surface area (Å²) in [6.45, 7) is -0.0101. The zero-order chi connectivity index (χ0) is 27.1. The molecule has 1 fully saturated rings. The van der Waals surface area contributed by atoms with E-state index in [-0.39, 0.29) is 18.7 Å². The number of hydrogen-bond acceptors (Lipinski definition) is 5. The largest absolute Gasteiger partial charge is 0.508 e. The Bertz CT molecular complexity index is 1740. The van der Waals surface area contributed by atoms with E-state index in [1.807, 2.05) is 0 Å². The molecule has 0 unspecified atom stereocenters. The monoisotopic (exact) mass is 591 g/mol.